The Morgan fingerprint density at radius 1 is 1.33 bits per heavy atom. The Kier molecular flexibility index (Phi) is 2.89. The summed E-state index contributed by atoms with van der Waals surface area (Å²) in [5.41, 5.74) is 0.801. The van der Waals surface area contributed by atoms with Crippen molar-refractivity contribution in [2.24, 2.45) is 0 Å². The smallest absolute Gasteiger partial charge is 0.227 e. The van der Waals surface area contributed by atoms with E-state index in [1.54, 1.807) is 35.5 Å². The maximum atomic E-state index is 8.71. The fraction of sp³-hybridized carbons (Fsp3) is 0.222. The Bertz CT molecular complexity index is 413. The third-order valence-electron chi connectivity index (χ3n) is 1.78. The number of nitrogens with one attached hydrogen (secondary N) is 1. The van der Waals surface area contributed by atoms with Gasteiger partial charge in [-0.2, -0.15) is 5.10 Å². The molecule has 0 saturated carbocycles. The number of nitrogens with zero attached hydrogens (tertiary/aromatic N) is 4. The first-order valence-corrected chi connectivity index (χ1v) is 4.56. The molecule has 6 nitrogen and oxygen atoms in total. The van der Waals surface area contributed by atoms with Crippen LogP contribution >= 0.6 is 0 Å². The van der Waals surface area contributed by atoms with Crippen molar-refractivity contribution in [1.82, 2.24) is 19.7 Å². The van der Waals surface area contributed by atoms with E-state index in [2.05, 4.69) is 20.4 Å². The summed E-state index contributed by atoms with van der Waals surface area (Å²) in [6.45, 7) is 0.556. The molecule has 0 aliphatic heterocycles. The summed E-state index contributed by atoms with van der Waals surface area (Å²) in [7, 11) is 0. The molecular weight excluding hydrogens is 194 g/mol. The first-order chi connectivity index (χ1) is 7.38. The summed E-state index contributed by atoms with van der Waals surface area (Å²) in [4.78, 5) is 8.04. The van der Waals surface area contributed by atoms with Gasteiger partial charge in [-0.1, -0.05) is 0 Å². The van der Waals surface area contributed by atoms with Gasteiger partial charge in [-0.15, -0.1) is 0 Å². The lowest BCUT2D eigenvalue weighted by atomic mass is 10.5. The molecule has 0 atom stereocenters. The molecule has 15 heavy (non-hydrogen) atoms. The highest BCUT2D eigenvalue weighted by Gasteiger charge is 1.99. The van der Waals surface area contributed by atoms with Crippen molar-refractivity contribution in [2.75, 3.05) is 11.9 Å². The van der Waals surface area contributed by atoms with Gasteiger partial charge in [0.25, 0.3) is 0 Å². The molecule has 2 aromatic heterocycles. The molecule has 0 saturated heterocycles. The van der Waals surface area contributed by atoms with Gasteiger partial charge >= 0.3 is 0 Å². The van der Waals surface area contributed by atoms with Gasteiger partial charge in [-0.25, -0.2) is 9.97 Å². The van der Waals surface area contributed by atoms with E-state index in [-0.39, 0.29) is 6.61 Å². The molecule has 0 unspecified atom stereocenters. The minimum Gasteiger partial charge on any atom is -0.394 e. The highest BCUT2D eigenvalue weighted by Crippen LogP contribution is 2.09. The number of rotatable bonds is 4. The van der Waals surface area contributed by atoms with Crippen LogP contribution in [0.5, 0.6) is 0 Å². The van der Waals surface area contributed by atoms with Gasteiger partial charge in [0.15, 0.2) is 0 Å². The van der Waals surface area contributed by atoms with Crippen LogP contribution in [0, 0.1) is 0 Å². The molecule has 0 bridgehead atoms. The van der Waals surface area contributed by atoms with Crippen molar-refractivity contribution in [2.45, 2.75) is 6.54 Å². The topological polar surface area (TPSA) is 75.9 Å². The summed E-state index contributed by atoms with van der Waals surface area (Å²) in [5, 5.41) is 15.7. The van der Waals surface area contributed by atoms with Gasteiger partial charge in [-0.3, -0.25) is 4.68 Å². The third kappa shape index (κ3) is 2.50. The van der Waals surface area contributed by atoms with Crippen LogP contribution in [0.1, 0.15) is 0 Å². The van der Waals surface area contributed by atoms with E-state index in [0.717, 1.165) is 5.69 Å². The summed E-state index contributed by atoms with van der Waals surface area (Å²) < 4.78 is 1.64. The van der Waals surface area contributed by atoms with Gasteiger partial charge in [-0.05, 0) is 6.07 Å². The van der Waals surface area contributed by atoms with Crippen LogP contribution in [0.3, 0.4) is 0 Å². The predicted octanol–water partition coefficient (Wildman–Crippen LogP) is 0.409. The predicted molar refractivity (Wildman–Crippen MR) is 54.6 cm³/mol. The van der Waals surface area contributed by atoms with Crippen LogP contribution in [0.15, 0.2) is 30.9 Å². The van der Waals surface area contributed by atoms with Crippen molar-refractivity contribution < 1.29 is 5.11 Å². The van der Waals surface area contributed by atoms with E-state index >= 15 is 0 Å². The van der Waals surface area contributed by atoms with Gasteiger partial charge in [0, 0.05) is 18.6 Å². The second-order valence-electron chi connectivity index (χ2n) is 2.91. The lowest BCUT2D eigenvalue weighted by Gasteiger charge is -1.99. The zero-order chi connectivity index (χ0) is 10.5. The molecule has 0 fully saturated rings. The van der Waals surface area contributed by atoms with E-state index in [1.165, 1.54) is 0 Å². The molecule has 2 rings (SSSR count). The van der Waals surface area contributed by atoms with Crippen LogP contribution in [0.2, 0.25) is 0 Å². The van der Waals surface area contributed by atoms with Crippen LogP contribution in [-0.4, -0.2) is 31.5 Å². The van der Waals surface area contributed by atoms with Crippen molar-refractivity contribution in [3.8, 4) is 0 Å². The molecule has 2 heterocycles. The van der Waals surface area contributed by atoms with Crippen LogP contribution in [0.25, 0.3) is 0 Å². The highest BCUT2D eigenvalue weighted by molar-refractivity contribution is 5.49. The molecular formula is C9H11N5O. The molecule has 6 heteroatoms. The van der Waals surface area contributed by atoms with E-state index in [9.17, 15) is 0 Å². The lowest BCUT2D eigenvalue weighted by Crippen LogP contribution is -2.01. The fourth-order valence-electron chi connectivity index (χ4n) is 1.15. The number of aliphatic hydroxyl groups excluding tert-OH is 1. The molecule has 2 aromatic rings. The molecule has 0 radical (unpaired) electrons. The fourth-order valence-corrected chi connectivity index (χ4v) is 1.15. The zero-order valence-electron chi connectivity index (χ0n) is 8.04. The minimum atomic E-state index is 0.0724. The Balaban J connectivity index is 2.05. The van der Waals surface area contributed by atoms with Crippen molar-refractivity contribution in [3.05, 3.63) is 30.9 Å². The normalized spacial score (nSPS) is 10.2. The molecule has 2 N–H and O–H groups in total. The first kappa shape index (κ1) is 9.60. The van der Waals surface area contributed by atoms with Gasteiger partial charge in [0.2, 0.25) is 5.95 Å². The van der Waals surface area contributed by atoms with Gasteiger partial charge in [0.1, 0.15) is 0 Å². The lowest BCUT2D eigenvalue weighted by molar-refractivity contribution is 0.269. The molecule has 78 valence electrons. The van der Waals surface area contributed by atoms with Crippen LogP contribution in [-0.2, 0) is 6.54 Å². The maximum absolute atomic E-state index is 8.71. The highest BCUT2D eigenvalue weighted by atomic mass is 16.3. The number of anilines is 2. The molecule has 0 aliphatic rings. The molecule has 0 spiro atoms. The Hall–Kier alpha value is -1.95. The molecule has 0 aromatic carbocycles. The zero-order valence-corrected chi connectivity index (χ0v) is 8.04. The maximum Gasteiger partial charge on any atom is 0.227 e. The number of hydrogen-bond acceptors (Lipinski definition) is 5. The quantitative estimate of drug-likeness (QED) is 0.756. The largest absolute Gasteiger partial charge is 0.394 e. The summed E-state index contributed by atoms with van der Waals surface area (Å²) in [6, 6.07) is 1.75. The Labute approximate surface area is 86.6 Å². The van der Waals surface area contributed by atoms with E-state index < -0.39 is 0 Å². The second kappa shape index (κ2) is 4.52. The van der Waals surface area contributed by atoms with Gasteiger partial charge < -0.3 is 10.4 Å². The monoisotopic (exact) mass is 205 g/mol. The van der Waals surface area contributed by atoms with E-state index in [4.69, 9.17) is 5.11 Å². The Morgan fingerprint density at radius 3 is 2.87 bits per heavy atom. The van der Waals surface area contributed by atoms with E-state index in [0.29, 0.717) is 12.5 Å². The molecule has 0 aliphatic carbocycles. The molecule has 0 amide bonds. The number of hydrogen-bond donors (Lipinski definition) is 2. The number of aliphatic hydroxyl groups is 1. The summed E-state index contributed by atoms with van der Waals surface area (Å²) >= 11 is 0. The SMILES string of the molecule is OCCn1cc(Nc2ncccn2)cn1. The second-order valence-corrected chi connectivity index (χ2v) is 2.91. The van der Waals surface area contributed by atoms with E-state index in [1.807, 2.05) is 0 Å². The average Bonchev–Trinajstić information content (AvgIpc) is 2.68. The van der Waals surface area contributed by atoms with Crippen molar-refractivity contribution >= 4 is 11.6 Å². The standard InChI is InChI=1S/C9H11N5O/c15-5-4-14-7-8(6-12-14)13-9-10-2-1-3-11-9/h1-3,6-7,15H,4-5H2,(H,10,11,13). The van der Waals surface area contributed by atoms with Crippen molar-refractivity contribution in [1.29, 1.82) is 0 Å². The first-order valence-electron chi connectivity index (χ1n) is 4.56. The van der Waals surface area contributed by atoms with Crippen molar-refractivity contribution in [3.63, 3.8) is 0 Å². The third-order valence-corrected chi connectivity index (χ3v) is 1.78. The minimum absolute atomic E-state index is 0.0724. The summed E-state index contributed by atoms with van der Waals surface area (Å²) in [5.74, 6) is 0.529. The Morgan fingerprint density at radius 2 is 2.13 bits per heavy atom. The van der Waals surface area contributed by atoms with Crippen LogP contribution < -0.4 is 5.32 Å². The number of aromatic nitrogens is 4. The van der Waals surface area contributed by atoms with Crippen LogP contribution in [0.4, 0.5) is 11.6 Å². The average molecular weight is 205 g/mol. The summed E-state index contributed by atoms with van der Waals surface area (Å²) in [6.07, 6.45) is 6.76. The van der Waals surface area contributed by atoms with Gasteiger partial charge in [0.05, 0.1) is 25.0 Å².